The lowest BCUT2D eigenvalue weighted by atomic mass is 10.1. The Hall–Kier alpha value is -3.28. The lowest BCUT2D eigenvalue weighted by Gasteiger charge is -2.14. The molecule has 0 aliphatic rings. The van der Waals surface area contributed by atoms with Crippen LogP contribution in [0.4, 0.5) is 14.5 Å². The number of alkyl halides is 2. The number of pyridine rings is 1. The Morgan fingerprint density at radius 1 is 1.20 bits per heavy atom. The van der Waals surface area contributed by atoms with E-state index in [0.717, 1.165) is 10.7 Å². The quantitative estimate of drug-likeness (QED) is 0.219. The zero-order chi connectivity index (χ0) is 25.5. The predicted octanol–water partition coefficient (Wildman–Crippen LogP) is 5.17. The second kappa shape index (κ2) is 11.9. The van der Waals surface area contributed by atoms with E-state index in [-0.39, 0.29) is 44.4 Å². The molecule has 184 valence electrons. The van der Waals surface area contributed by atoms with Gasteiger partial charge in [0.1, 0.15) is 18.5 Å². The number of anilines is 1. The van der Waals surface area contributed by atoms with Gasteiger partial charge in [0.05, 0.1) is 21.3 Å². The first-order valence-electron chi connectivity index (χ1n) is 9.85. The minimum absolute atomic E-state index is 0.0379. The van der Waals surface area contributed by atoms with E-state index in [1.54, 1.807) is 0 Å². The molecule has 0 unspecified atom stereocenters. The van der Waals surface area contributed by atoms with Crippen LogP contribution >= 0.6 is 34.8 Å². The van der Waals surface area contributed by atoms with Gasteiger partial charge < -0.3 is 15.5 Å². The van der Waals surface area contributed by atoms with Crippen LogP contribution in [0.1, 0.15) is 39.4 Å². The standard InChI is InChI=1S/C21H17Cl3F2N6O3/c1-35-29-7-3-6-28-20(33)12-8-11(22)9-14(24)17(12)30-21(34)16-10-15(18(25)26)31-32(16)19-13(23)4-2-5-27-19/h2,4-5,7-10,18H,3,6H2,1H3,(H,28,33)(H,30,34)/b29-7+. The molecule has 1 aromatic carbocycles. The van der Waals surface area contributed by atoms with Gasteiger partial charge in [0.15, 0.2) is 5.82 Å². The van der Waals surface area contributed by atoms with Crippen molar-refractivity contribution in [2.45, 2.75) is 12.8 Å². The van der Waals surface area contributed by atoms with Crippen molar-refractivity contribution in [3.63, 3.8) is 0 Å². The zero-order valence-corrected chi connectivity index (χ0v) is 20.2. The summed E-state index contributed by atoms with van der Waals surface area (Å²) >= 11 is 18.4. The maximum Gasteiger partial charge on any atom is 0.282 e. The molecule has 0 saturated carbocycles. The molecule has 9 nitrogen and oxygen atoms in total. The van der Waals surface area contributed by atoms with Gasteiger partial charge in [-0.2, -0.15) is 5.10 Å². The van der Waals surface area contributed by atoms with Crippen LogP contribution in [0.15, 0.2) is 41.7 Å². The molecule has 0 bridgehead atoms. The van der Waals surface area contributed by atoms with Crippen molar-refractivity contribution in [2.24, 2.45) is 5.16 Å². The zero-order valence-electron chi connectivity index (χ0n) is 17.9. The Morgan fingerprint density at radius 3 is 2.66 bits per heavy atom. The highest BCUT2D eigenvalue weighted by Gasteiger charge is 2.25. The first-order chi connectivity index (χ1) is 16.7. The molecular weight excluding hydrogens is 529 g/mol. The van der Waals surface area contributed by atoms with Crippen molar-refractivity contribution in [3.8, 4) is 5.82 Å². The van der Waals surface area contributed by atoms with Crippen molar-refractivity contribution in [1.29, 1.82) is 0 Å². The van der Waals surface area contributed by atoms with Crippen LogP contribution in [0.25, 0.3) is 5.82 Å². The second-order valence-electron chi connectivity index (χ2n) is 6.76. The lowest BCUT2D eigenvalue weighted by Crippen LogP contribution is -2.27. The fraction of sp³-hybridized carbons (Fsp3) is 0.190. The van der Waals surface area contributed by atoms with Gasteiger partial charge in [0, 0.05) is 30.4 Å². The van der Waals surface area contributed by atoms with Crippen molar-refractivity contribution in [3.05, 3.63) is 68.5 Å². The monoisotopic (exact) mass is 544 g/mol. The summed E-state index contributed by atoms with van der Waals surface area (Å²) in [6, 6.07) is 6.51. The van der Waals surface area contributed by atoms with Crippen LogP contribution in [-0.2, 0) is 4.84 Å². The van der Waals surface area contributed by atoms with Gasteiger partial charge in [-0.05, 0) is 30.3 Å². The Morgan fingerprint density at radius 2 is 1.97 bits per heavy atom. The van der Waals surface area contributed by atoms with Crippen molar-refractivity contribution in [1.82, 2.24) is 20.1 Å². The van der Waals surface area contributed by atoms with Gasteiger partial charge in [0.2, 0.25) is 0 Å². The van der Waals surface area contributed by atoms with Crippen molar-refractivity contribution >= 4 is 58.5 Å². The summed E-state index contributed by atoms with van der Waals surface area (Å²) in [6.07, 6.45) is 0.226. The molecule has 2 amide bonds. The van der Waals surface area contributed by atoms with Crippen LogP contribution in [0.3, 0.4) is 0 Å². The molecule has 14 heteroatoms. The van der Waals surface area contributed by atoms with E-state index in [9.17, 15) is 18.4 Å². The van der Waals surface area contributed by atoms with Crippen molar-refractivity contribution in [2.75, 3.05) is 19.0 Å². The molecule has 0 radical (unpaired) electrons. The molecule has 2 heterocycles. The molecule has 0 saturated heterocycles. The van der Waals surface area contributed by atoms with E-state index < -0.39 is 23.9 Å². The fourth-order valence-electron chi connectivity index (χ4n) is 2.89. The molecule has 0 spiro atoms. The number of oxime groups is 1. The summed E-state index contributed by atoms with van der Waals surface area (Å²) in [4.78, 5) is 34.5. The number of halogens is 5. The molecule has 0 aliphatic heterocycles. The van der Waals surface area contributed by atoms with Crippen LogP contribution < -0.4 is 10.6 Å². The third kappa shape index (κ3) is 6.44. The Kier molecular flexibility index (Phi) is 8.96. The Labute approximate surface area is 213 Å². The summed E-state index contributed by atoms with van der Waals surface area (Å²) in [6.45, 7) is 0.200. The molecule has 0 atom stereocenters. The van der Waals surface area contributed by atoms with E-state index in [0.29, 0.717) is 6.42 Å². The minimum atomic E-state index is -2.97. The number of rotatable bonds is 9. The Bertz CT molecular complexity index is 1270. The van der Waals surface area contributed by atoms with Gasteiger partial charge >= 0.3 is 0 Å². The number of benzene rings is 1. The number of aromatic nitrogens is 3. The number of nitrogens with one attached hydrogen (secondary N) is 2. The largest absolute Gasteiger partial charge is 0.399 e. The summed E-state index contributed by atoms with van der Waals surface area (Å²) < 4.78 is 27.6. The second-order valence-corrected chi connectivity index (χ2v) is 8.01. The minimum Gasteiger partial charge on any atom is -0.399 e. The summed E-state index contributed by atoms with van der Waals surface area (Å²) in [7, 11) is 1.38. The molecule has 3 rings (SSSR count). The van der Waals surface area contributed by atoms with E-state index in [2.05, 4.69) is 30.7 Å². The molecule has 3 aromatic rings. The summed E-state index contributed by atoms with van der Waals surface area (Å²) in [5.74, 6) is -1.52. The Balaban J connectivity index is 1.95. The third-order valence-corrected chi connectivity index (χ3v) is 5.21. The molecule has 2 N–H and O–H groups in total. The molecule has 0 aliphatic carbocycles. The van der Waals surface area contributed by atoms with Gasteiger partial charge in [-0.1, -0.05) is 40.0 Å². The van der Waals surface area contributed by atoms with Crippen LogP contribution in [0.2, 0.25) is 15.1 Å². The van der Waals surface area contributed by atoms with Gasteiger partial charge in [-0.15, -0.1) is 0 Å². The SMILES string of the molecule is CO/N=C/CCNC(=O)c1cc(Cl)cc(Cl)c1NC(=O)c1cc(C(F)F)nn1-c1ncccc1Cl. The first-order valence-corrected chi connectivity index (χ1v) is 11.0. The maximum atomic E-state index is 13.4. The fourth-order valence-corrected chi connectivity index (χ4v) is 3.63. The van der Waals surface area contributed by atoms with Gasteiger partial charge in [-0.25, -0.2) is 18.4 Å². The van der Waals surface area contributed by atoms with E-state index in [4.69, 9.17) is 34.8 Å². The lowest BCUT2D eigenvalue weighted by molar-refractivity contribution is 0.0955. The van der Waals surface area contributed by atoms with E-state index in [1.165, 1.54) is 43.8 Å². The third-order valence-electron chi connectivity index (χ3n) is 4.40. The van der Waals surface area contributed by atoms with E-state index >= 15 is 0 Å². The van der Waals surface area contributed by atoms with Gasteiger partial charge in [0.25, 0.3) is 18.2 Å². The number of carbonyl (C=O) groups is 2. The number of carbonyl (C=O) groups excluding carboxylic acids is 2. The van der Waals surface area contributed by atoms with Crippen LogP contribution in [0, 0.1) is 0 Å². The van der Waals surface area contributed by atoms with Gasteiger partial charge in [-0.3, -0.25) is 9.59 Å². The van der Waals surface area contributed by atoms with Crippen LogP contribution in [-0.4, -0.2) is 46.4 Å². The smallest absolute Gasteiger partial charge is 0.282 e. The predicted molar refractivity (Wildman–Crippen MR) is 128 cm³/mol. The summed E-state index contributed by atoms with van der Waals surface area (Å²) in [5, 5.41) is 12.6. The molecule has 35 heavy (non-hydrogen) atoms. The maximum absolute atomic E-state index is 13.4. The normalized spacial score (nSPS) is 11.2. The average Bonchev–Trinajstić information content (AvgIpc) is 3.26. The number of hydrogen-bond donors (Lipinski definition) is 2. The number of amides is 2. The highest BCUT2D eigenvalue weighted by molar-refractivity contribution is 6.38. The number of nitrogens with zero attached hydrogens (tertiary/aromatic N) is 4. The van der Waals surface area contributed by atoms with Crippen LogP contribution in [0.5, 0.6) is 0 Å². The summed E-state index contributed by atoms with van der Waals surface area (Å²) in [5.41, 5.74) is -1.11. The molecule has 0 fully saturated rings. The number of hydrogen-bond acceptors (Lipinski definition) is 6. The van der Waals surface area contributed by atoms with E-state index in [1.807, 2.05) is 0 Å². The topological polar surface area (TPSA) is 110 Å². The molecule has 2 aromatic heterocycles. The van der Waals surface area contributed by atoms with Crippen molar-refractivity contribution < 1.29 is 23.2 Å². The first kappa shape index (κ1) is 26.3. The highest BCUT2D eigenvalue weighted by atomic mass is 35.5. The average molecular weight is 546 g/mol. The molecular formula is C21H17Cl3F2N6O3. The highest BCUT2D eigenvalue weighted by Crippen LogP contribution is 2.31.